The van der Waals surface area contributed by atoms with Gasteiger partial charge in [-0.05, 0) is 23.6 Å². The fourth-order valence-electron chi connectivity index (χ4n) is 3.09. The SMILES string of the molecule is CS(=O)(=O)N(CC(=O)Nc1cccc2ccccc12)c1ccc2c(c1)OCO2. The summed E-state index contributed by atoms with van der Waals surface area (Å²) in [5, 5.41) is 4.67. The van der Waals surface area contributed by atoms with Crippen molar-refractivity contribution in [2.45, 2.75) is 0 Å². The third kappa shape index (κ3) is 3.59. The number of sulfonamides is 1. The van der Waals surface area contributed by atoms with Gasteiger partial charge >= 0.3 is 0 Å². The second-order valence-corrected chi connectivity index (χ2v) is 8.29. The van der Waals surface area contributed by atoms with Gasteiger partial charge in [0.05, 0.1) is 11.9 Å². The summed E-state index contributed by atoms with van der Waals surface area (Å²) in [7, 11) is -3.69. The van der Waals surface area contributed by atoms with Crippen LogP contribution in [0.1, 0.15) is 0 Å². The maximum atomic E-state index is 12.6. The third-order valence-corrected chi connectivity index (χ3v) is 5.54. The van der Waals surface area contributed by atoms with Crippen molar-refractivity contribution in [2.75, 3.05) is 29.2 Å². The Morgan fingerprint density at radius 3 is 2.61 bits per heavy atom. The van der Waals surface area contributed by atoms with E-state index in [1.807, 2.05) is 36.4 Å². The molecule has 1 heterocycles. The molecule has 0 saturated heterocycles. The quantitative estimate of drug-likeness (QED) is 0.714. The number of fused-ring (bicyclic) bond motifs is 2. The van der Waals surface area contributed by atoms with Crippen LogP contribution < -0.4 is 19.1 Å². The highest BCUT2D eigenvalue weighted by atomic mass is 32.2. The van der Waals surface area contributed by atoms with Gasteiger partial charge in [-0.25, -0.2) is 8.42 Å². The Labute approximate surface area is 162 Å². The van der Waals surface area contributed by atoms with Crippen molar-refractivity contribution in [1.82, 2.24) is 0 Å². The van der Waals surface area contributed by atoms with Gasteiger partial charge in [0.25, 0.3) is 0 Å². The summed E-state index contributed by atoms with van der Waals surface area (Å²) in [4.78, 5) is 12.6. The molecule has 1 aliphatic rings. The normalized spacial score (nSPS) is 12.8. The Kier molecular flexibility index (Phi) is 4.56. The average molecular weight is 398 g/mol. The topological polar surface area (TPSA) is 84.9 Å². The predicted molar refractivity (Wildman–Crippen MR) is 107 cm³/mol. The van der Waals surface area contributed by atoms with Crippen molar-refractivity contribution < 1.29 is 22.7 Å². The van der Waals surface area contributed by atoms with E-state index in [9.17, 15) is 13.2 Å². The van der Waals surface area contributed by atoms with Crippen LogP contribution in [0.15, 0.2) is 60.7 Å². The van der Waals surface area contributed by atoms with Crippen LogP contribution in [0.2, 0.25) is 0 Å². The zero-order valence-corrected chi connectivity index (χ0v) is 15.9. The van der Waals surface area contributed by atoms with E-state index in [4.69, 9.17) is 9.47 Å². The number of nitrogens with one attached hydrogen (secondary N) is 1. The van der Waals surface area contributed by atoms with Crippen molar-refractivity contribution in [3.8, 4) is 11.5 Å². The summed E-state index contributed by atoms with van der Waals surface area (Å²) in [6, 6.07) is 18.0. The summed E-state index contributed by atoms with van der Waals surface area (Å²) in [5.74, 6) is 0.539. The van der Waals surface area contributed by atoms with Crippen LogP contribution in [0.25, 0.3) is 10.8 Å². The van der Waals surface area contributed by atoms with E-state index in [1.165, 1.54) is 0 Å². The third-order valence-electron chi connectivity index (χ3n) is 4.40. The molecule has 0 radical (unpaired) electrons. The van der Waals surface area contributed by atoms with Crippen LogP contribution in [0.3, 0.4) is 0 Å². The van der Waals surface area contributed by atoms with Crippen molar-refractivity contribution in [3.63, 3.8) is 0 Å². The maximum Gasteiger partial charge on any atom is 0.245 e. The number of benzene rings is 3. The van der Waals surface area contributed by atoms with Crippen molar-refractivity contribution in [1.29, 1.82) is 0 Å². The Morgan fingerprint density at radius 1 is 1.04 bits per heavy atom. The van der Waals surface area contributed by atoms with E-state index in [2.05, 4.69) is 5.32 Å². The average Bonchev–Trinajstić information content (AvgIpc) is 3.13. The Bertz CT molecular complexity index is 1150. The number of carbonyl (C=O) groups is 1. The van der Waals surface area contributed by atoms with Crippen molar-refractivity contribution in [3.05, 3.63) is 60.7 Å². The number of carbonyl (C=O) groups excluding carboxylic acids is 1. The highest BCUT2D eigenvalue weighted by Gasteiger charge is 2.24. The summed E-state index contributed by atoms with van der Waals surface area (Å²) in [5.41, 5.74) is 0.960. The van der Waals surface area contributed by atoms with E-state index in [-0.39, 0.29) is 13.3 Å². The Morgan fingerprint density at radius 2 is 1.79 bits per heavy atom. The molecule has 1 aliphatic heterocycles. The molecule has 7 nitrogen and oxygen atoms in total. The molecule has 0 atom stereocenters. The van der Waals surface area contributed by atoms with Gasteiger partial charge in [-0.3, -0.25) is 9.10 Å². The lowest BCUT2D eigenvalue weighted by atomic mass is 10.1. The zero-order valence-electron chi connectivity index (χ0n) is 15.1. The first-order valence-electron chi connectivity index (χ1n) is 8.57. The number of hydrogen-bond acceptors (Lipinski definition) is 5. The molecule has 0 fully saturated rings. The molecule has 144 valence electrons. The number of amides is 1. The van der Waals surface area contributed by atoms with Gasteiger partial charge in [0.2, 0.25) is 22.7 Å². The van der Waals surface area contributed by atoms with Gasteiger partial charge in [-0.2, -0.15) is 0 Å². The van der Waals surface area contributed by atoms with E-state index in [1.54, 1.807) is 24.3 Å². The van der Waals surface area contributed by atoms with E-state index in [0.717, 1.165) is 21.3 Å². The van der Waals surface area contributed by atoms with Crippen LogP contribution in [0, 0.1) is 0 Å². The molecular weight excluding hydrogens is 380 g/mol. The molecule has 0 aromatic heterocycles. The summed E-state index contributed by atoms with van der Waals surface area (Å²) >= 11 is 0. The lowest BCUT2D eigenvalue weighted by molar-refractivity contribution is -0.114. The van der Waals surface area contributed by atoms with Crippen molar-refractivity contribution in [2.24, 2.45) is 0 Å². The molecule has 4 rings (SSSR count). The molecule has 1 amide bonds. The number of anilines is 2. The van der Waals surface area contributed by atoms with Gasteiger partial charge < -0.3 is 14.8 Å². The van der Waals surface area contributed by atoms with E-state index in [0.29, 0.717) is 22.9 Å². The monoisotopic (exact) mass is 398 g/mol. The molecule has 3 aromatic carbocycles. The minimum atomic E-state index is -3.69. The zero-order chi connectivity index (χ0) is 19.7. The van der Waals surface area contributed by atoms with Crippen molar-refractivity contribution >= 4 is 38.1 Å². The lowest BCUT2D eigenvalue weighted by Crippen LogP contribution is -2.37. The van der Waals surface area contributed by atoms with Crippen LogP contribution in [-0.4, -0.2) is 33.9 Å². The standard InChI is InChI=1S/C20H18N2O5S/c1-28(24,25)22(15-9-10-18-19(11-15)27-13-26-18)12-20(23)21-17-8-4-6-14-5-2-3-7-16(14)17/h2-11H,12-13H2,1H3,(H,21,23). The summed E-state index contributed by atoms with van der Waals surface area (Å²) in [6.07, 6.45) is 1.06. The first-order chi connectivity index (χ1) is 13.4. The molecule has 28 heavy (non-hydrogen) atoms. The molecule has 8 heteroatoms. The summed E-state index contributed by atoms with van der Waals surface area (Å²) in [6.45, 7) is -0.277. The van der Waals surface area contributed by atoms with E-state index < -0.39 is 15.9 Å². The van der Waals surface area contributed by atoms with Gasteiger partial charge in [0.15, 0.2) is 11.5 Å². The minimum Gasteiger partial charge on any atom is -0.454 e. The first kappa shape index (κ1) is 18.1. The molecular formula is C20H18N2O5S. The number of hydrogen-bond donors (Lipinski definition) is 1. The second-order valence-electron chi connectivity index (χ2n) is 6.38. The predicted octanol–water partition coefficient (Wildman–Crippen LogP) is 2.97. The Hall–Kier alpha value is -3.26. The maximum absolute atomic E-state index is 12.6. The van der Waals surface area contributed by atoms with Gasteiger partial charge in [-0.1, -0.05) is 36.4 Å². The smallest absolute Gasteiger partial charge is 0.245 e. The van der Waals surface area contributed by atoms with Crippen LogP contribution in [-0.2, 0) is 14.8 Å². The molecule has 3 aromatic rings. The fourth-order valence-corrected chi connectivity index (χ4v) is 3.94. The number of nitrogens with zero attached hydrogens (tertiary/aromatic N) is 1. The molecule has 0 spiro atoms. The highest BCUT2D eigenvalue weighted by molar-refractivity contribution is 7.92. The Balaban J connectivity index is 1.60. The molecule has 0 aliphatic carbocycles. The lowest BCUT2D eigenvalue weighted by Gasteiger charge is -2.22. The second kappa shape index (κ2) is 7.05. The van der Waals surface area contributed by atoms with Crippen LogP contribution in [0.4, 0.5) is 11.4 Å². The summed E-state index contributed by atoms with van der Waals surface area (Å²) < 4.78 is 36.2. The minimum absolute atomic E-state index is 0.0826. The van der Waals surface area contributed by atoms with Gasteiger partial charge in [-0.15, -0.1) is 0 Å². The van der Waals surface area contributed by atoms with Gasteiger partial charge in [0, 0.05) is 17.1 Å². The highest BCUT2D eigenvalue weighted by Crippen LogP contribution is 2.36. The number of rotatable bonds is 5. The van der Waals surface area contributed by atoms with Crippen LogP contribution in [0.5, 0.6) is 11.5 Å². The molecule has 1 N–H and O–H groups in total. The van der Waals surface area contributed by atoms with E-state index >= 15 is 0 Å². The number of ether oxygens (including phenoxy) is 2. The molecule has 0 unspecified atom stereocenters. The largest absolute Gasteiger partial charge is 0.454 e. The van der Waals surface area contributed by atoms with Crippen LogP contribution >= 0.6 is 0 Å². The van der Waals surface area contributed by atoms with Gasteiger partial charge in [0.1, 0.15) is 6.54 Å². The fraction of sp³-hybridized carbons (Fsp3) is 0.150. The molecule has 0 saturated carbocycles. The molecule has 0 bridgehead atoms. The first-order valence-corrected chi connectivity index (χ1v) is 10.4.